The van der Waals surface area contributed by atoms with Crippen LogP contribution in [0, 0.1) is 0 Å². The SMILES string of the molecule is CC(C)(C)NC(=O)N1CCN(Cc2nc3ccccc3n2Cc2ccccc2)CC1. The van der Waals surface area contributed by atoms with Gasteiger partial charge in [-0.3, -0.25) is 4.90 Å². The van der Waals surface area contributed by atoms with E-state index >= 15 is 0 Å². The van der Waals surface area contributed by atoms with Crippen molar-refractivity contribution in [2.24, 2.45) is 0 Å². The summed E-state index contributed by atoms with van der Waals surface area (Å²) >= 11 is 0. The predicted molar refractivity (Wildman–Crippen MR) is 120 cm³/mol. The Hall–Kier alpha value is -2.86. The first-order valence-corrected chi connectivity index (χ1v) is 10.7. The highest BCUT2D eigenvalue weighted by molar-refractivity contribution is 5.76. The second kappa shape index (κ2) is 8.48. The molecule has 0 bridgehead atoms. The highest BCUT2D eigenvalue weighted by Gasteiger charge is 2.25. The zero-order chi connectivity index (χ0) is 21.1. The number of amides is 2. The minimum atomic E-state index is -0.212. The lowest BCUT2D eigenvalue weighted by atomic mass is 10.1. The van der Waals surface area contributed by atoms with Gasteiger partial charge >= 0.3 is 6.03 Å². The summed E-state index contributed by atoms with van der Waals surface area (Å²) in [4.78, 5) is 21.7. The normalized spacial score (nSPS) is 15.5. The second-order valence-corrected chi connectivity index (χ2v) is 9.03. The summed E-state index contributed by atoms with van der Waals surface area (Å²) in [7, 11) is 0. The van der Waals surface area contributed by atoms with Gasteiger partial charge in [0.25, 0.3) is 0 Å². The topological polar surface area (TPSA) is 53.4 Å². The van der Waals surface area contributed by atoms with Crippen LogP contribution in [0.15, 0.2) is 54.6 Å². The van der Waals surface area contributed by atoms with Crippen LogP contribution < -0.4 is 5.32 Å². The quantitative estimate of drug-likeness (QED) is 0.720. The molecular weight excluding hydrogens is 374 g/mol. The van der Waals surface area contributed by atoms with E-state index in [9.17, 15) is 4.79 Å². The summed E-state index contributed by atoms with van der Waals surface area (Å²) in [6.07, 6.45) is 0. The van der Waals surface area contributed by atoms with Gasteiger partial charge in [-0.25, -0.2) is 9.78 Å². The van der Waals surface area contributed by atoms with E-state index in [-0.39, 0.29) is 11.6 Å². The minimum Gasteiger partial charge on any atom is -0.333 e. The van der Waals surface area contributed by atoms with Crippen molar-refractivity contribution in [2.45, 2.75) is 39.4 Å². The second-order valence-electron chi connectivity index (χ2n) is 9.03. The van der Waals surface area contributed by atoms with Crippen LogP contribution in [0.1, 0.15) is 32.2 Å². The van der Waals surface area contributed by atoms with Gasteiger partial charge in [0, 0.05) is 38.3 Å². The maximum absolute atomic E-state index is 12.4. The Balaban J connectivity index is 1.47. The fourth-order valence-corrected chi connectivity index (χ4v) is 3.90. The fraction of sp³-hybridized carbons (Fsp3) is 0.417. The number of rotatable bonds is 4. The molecule has 1 N–H and O–H groups in total. The molecule has 0 radical (unpaired) electrons. The van der Waals surface area contributed by atoms with Crippen LogP contribution >= 0.6 is 0 Å². The number of aromatic nitrogens is 2. The molecule has 0 saturated carbocycles. The van der Waals surface area contributed by atoms with Gasteiger partial charge in [0.15, 0.2) is 0 Å². The van der Waals surface area contributed by atoms with Crippen molar-refractivity contribution in [2.75, 3.05) is 26.2 Å². The van der Waals surface area contributed by atoms with E-state index in [2.05, 4.69) is 57.2 Å². The Morgan fingerprint density at radius 2 is 1.60 bits per heavy atom. The summed E-state index contributed by atoms with van der Waals surface area (Å²) in [6, 6.07) is 18.9. The first-order valence-electron chi connectivity index (χ1n) is 10.7. The van der Waals surface area contributed by atoms with Gasteiger partial charge in [0.05, 0.1) is 17.6 Å². The molecule has 1 aromatic heterocycles. The van der Waals surface area contributed by atoms with E-state index in [1.807, 2.05) is 37.8 Å². The van der Waals surface area contributed by atoms with Crippen LogP contribution in [0.3, 0.4) is 0 Å². The maximum Gasteiger partial charge on any atom is 0.317 e. The van der Waals surface area contributed by atoms with Crippen molar-refractivity contribution in [3.8, 4) is 0 Å². The number of nitrogens with zero attached hydrogens (tertiary/aromatic N) is 4. The molecule has 0 aliphatic carbocycles. The highest BCUT2D eigenvalue weighted by atomic mass is 16.2. The smallest absolute Gasteiger partial charge is 0.317 e. The number of imidazole rings is 1. The number of para-hydroxylation sites is 2. The molecule has 1 aliphatic rings. The molecule has 6 nitrogen and oxygen atoms in total. The average Bonchev–Trinajstić information content (AvgIpc) is 3.05. The van der Waals surface area contributed by atoms with Crippen molar-refractivity contribution in [1.82, 2.24) is 24.7 Å². The molecule has 6 heteroatoms. The first-order chi connectivity index (χ1) is 14.4. The molecule has 4 rings (SSSR count). The standard InChI is InChI=1S/C24H31N5O/c1-24(2,3)26-23(30)28-15-13-27(14-16-28)18-22-25-20-11-7-8-12-21(20)29(22)17-19-9-5-4-6-10-19/h4-12H,13-18H2,1-3H3,(H,26,30). The van der Waals surface area contributed by atoms with Crippen molar-refractivity contribution in [3.05, 3.63) is 66.0 Å². The number of hydrogen-bond acceptors (Lipinski definition) is 3. The lowest BCUT2D eigenvalue weighted by Gasteiger charge is -2.36. The Bertz CT molecular complexity index is 997. The Kier molecular flexibility index (Phi) is 5.77. The number of nitrogens with one attached hydrogen (secondary N) is 1. The minimum absolute atomic E-state index is 0.0264. The lowest BCUT2D eigenvalue weighted by molar-refractivity contribution is 0.128. The number of piperazine rings is 1. The van der Waals surface area contributed by atoms with E-state index in [4.69, 9.17) is 4.98 Å². The number of hydrogen-bond donors (Lipinski definition) is 1. The summed E-state index contributed by atoms with van der Waals surface area (Å²) < 4.78 is 2.32. The van der Waals surface area contributed by atoms with E-state index in [0.29, 0.717) is 0 Å². The predicted octanol–water partition coefficient (Wildman–Crippen LogP) is 3.71. The molecule has 2 amide bonds. The molecule has 1 aliphatic heterocycles. The van der Waals surface area contributed by atoms with Gasteiger partial charge < -0.3 is 14.8 Å². The van der Waals surface area contributed by atoms with Crippen LogP contribution in [0.2, 0.25) is 0 Å². The van der Waals surface area contributed by atoms with E-state index in [0.717, 1.165) is 50.6 Å². The third-order valence-corrected chi connectivity index (χ3v) is 5.42. The van der Waals surface area contributed by atoms with Gasteiger partial charge in [0.1, 0.15) is 5.82 Å². The largest absolute Gasteiger partial charge is 0.333 e. The zero-order valence-electron chi connectivity index (χ0n) is 18.1. The third kappa shape index (κ3) is 4.82. The van der Waals surface area contributed by atoms with Crippen LogP contribution in [-0.2, 0) is 13.1 Å². The molecule has 0 atom stereocenters. The number of benzene rings is 2. The molecule has 0 spiro atoms. The molecule has 1 fully saturated rings. The molecule has 3 aromatic rings. The summed E-state index contributed by atoms with van der Waals surface area (Å²) in [6.45, 7) is 10.8. The van der Waals surface area contributed by atoms with Crippen LogP contribution in [0.5, 0.6) is 0 Å². The van der Waals surface area contributed by atoms with Gasteiger partial charge in [-0.2, -0.15) is 0 Å². The molecule has 30 heavy (non-hydrogen) atoms. The van der Waals surface area contributed by atoms with Crippen molar-refractivity contribution in [3.63, 3.8) is 0 Å². The number of urea groups is 1. The monoisotopic (exact) mass is 405 g/mol. The van der Waals surface area contributed by atoms with E-state index in [1.54, 1.807) is 0 Å². The number of fused-ring (bicyclic) bond motifs is 1. The maximum atomic E-state index is 12.4. The molecule has 0 unspecified atom stereocenters. The average molecular weight is 406 g/mol. The highest BCUT2D eigenvalue weighted by Crippen LogP contribution is 2.20. The van der Waals surface area contributed by atoms with Gasteiger partial charge in [0.2, 0.25) is 0 Å². The van der Waals surface area contributed by atoms with Crippen molar-refractivity contribution >= 4 is 17.1 Å². The van der Waals surface area contributed by atoms with E-state index < -0.39 is 0 Å². The lowest BCUT2D eigenvalue weighted by Crippen LogP contribution is -2.54. The Morgan fingerprint density at radius 3 is 2.30 bits per heavy atom. The van der Waals surface area contributed by atoms with Crippen molar-refractivity contribution < 1.29 is 4.79 Å². The van der Waals surface area contributed by atoms with Crippen LogP contribution in [-0.4, -0.2) is 57.1 Å². The number of carbonyl (C=O) groups excluding carboxylic acids is 1. The molecule has 2 aromatic carbocycles. The van der Waals surface area contributed by atoms with Crippen LogP contribution in [0.25, 0.3) is 11.0 Å². The molecular formula is C24H31N5O. The van der Waals surface area contributed by atoms with Crippen LogP contribution in [0.4, 0.5) is 4.79 Å². The summed E-state index contributed by atoms with van der Waals surface area (Å²) in [5.74, 6) is 1.08. The third-order valence-electron chi connectivity index (χ3n) is 5.42. The Morgan fingerprint density at radius 1 is 0.933 bits per heavy atom. The van der Waals surface area contributed by atoms with E-state index in [1.165, 1.54) is 11.1 Å². The van der Waals surface area contributed by atoms with Gasteiger partial charge in [-0.1, -0.05) is 42.5 Å². The molecule has 2 heterocycles. The first kappa shape index (κ1) is 20.4. The molecule has 1 saturated heterocycles. The van der Waals surface area contributed by atoms with Gasteiger partial charge in [-0.15, -0.1) is 0 Å². The number of carbonyl (C=O) groups is 1. The Labute approximate surface area is 178 Å². The van der Waals surface area contributed by atoms with Crippen molar-refractivity contribution in [1.29, 1.82) is 0 Å². The van der Waals surface area contributed by atoms with Gasteiger partial charge in [-0.05, 0) is 38.5 Å². The fourth-order valence-electron chi connectivity index (χ4n) is 3.90. The molecule has 158 valence electrons. The summed E-state index contributed by atoms with van der Waals surface area (Å²) in [5, 5.41) is 3.06. The summed E-state index contributed by atoms with van der Waals surface area (Å²) in [5.41, 5.74) is 3.26. The zero-order valence-corrected chi connectivity index (χ0v) is 18.1.